The molecule has 0 radical (unpaired) electrons. The van der Waals surface area contributed by atoms with E-state index in [0.717, 1.165) is 16.9 Å². The molecule has 0 fully saturated rings. The Labute approximate surface area is 122 Å². The Hall–Kier alpha value is -0.870. The van der Waals surface area contributed by atoms with Crippen LogP contribution in [0.1, 0.15) is 34.3 Å². The van der Waals surface area contributed by atoms with Gasteiger partial charge in [-0.1, -0.05) is 36.7 Å². The summed E-state index contributed by atoms with van der Waals surface area (Å²) in [7, 11) is 0. The third kappa shape index (κ3) is 3.18. The number of aryl methyl sites for hydroxylation is 1. The highest BCUT2D eigenvalue weighted by atomic mass is 35.5. The molecule has 2 rings (SSSR count). The molecule has 0 aliphatic heterocycles. The van der Waals surface area contributed by atoms with Crippen molar-refractivity contribution in [3.05, 3.63) is 56.7 Å². The van der Waals surface area contributed by atoms with Crippen molar-refractivity contribution in [3.8, 4) is 0 Å². The zero-order valence-corrected chi connectivity index (χ0v) is 12.4. The minimum Gasteiger partial charge on any atom is -0.387 e. The SMILES string of the molecule is CCc1ccc(C(O)C(CN)c2ccccc2Cl)s1. The highest BCUT2D eigenvalue weighted by molar-refractivity contribution is 7.12. The summed E-state index contributed by atoms with van der Waals surface area (Å²) in [5, 5.41) is 11.2. The lowest BCUT2D eigenvalue weighted by molar-refractivity contribution is 0.151. The van der Waals surface area contributed by atoms with Gasteiger partial charge in [0.15, 0.2) is 0 Å². The normalized spacial score (nSPS) is 14.3. The van der Waals surface area contributed by atoms with Crippen molar-refractivity contribution in [2.75, 3.05) is 6.54 Å². The van der Waals surface area contributed by atoms with E-state index in [1.54, 1.807) is 11.3 Å². The van der Waals surface area contributed by atoms with E-state index in [-0.39, 0.29) is 5.92 Å². The molecule has 2 aromatic rings. The first-order valence-electron chi connectivity index (χ1n) is 6.38. The van der Waals surface area contributed by atoms with Gasteiger partial charge in [-0.2, -0.15) is 0 Å². The first-order valence-corrected chi connectivity index (χ1v) is 7.58. The Morgan fingerprint density at radius 3 is 2.58 bits per heavy atom. The van der Waals surface area contributed by atoms with Gasteiger partial charge in [0.2, 0.25) is 0 Å². The second-order valence-electron chi connectivity index (χ2n) is 4.47. The van der Waals surface area contributed by atoms with Crippen LogP contribution in [0.3, 0.4) is 0 Å². The third-order valence-electron chi connectivity index (χ3n) is 3.26. The summed E-state index contributed by atoms with van der Waals surface area (Å²) in [6, 6.07) is 11.6. The van der Waals surface area contributed by atoms with E-state index in [1.165, 1.54) is 4.88 Å². The monoisotopic (exact) mass is 295 g/mol. The van der Waals surface area contributed by atoms with Crippen molar-refractivity contribution < 1.29 is 5.11 Å². The average molecular weight is 296 g/mol. The van der Waals surface area contributed by atoms with Crippen LogP contribution in [-0.2, 0) is 6.42 Å². The van der Waals surface area contributed by atoms with Crippen LogP contribution in [0.2, 0.25) is 5.02 Å². The minimum absolute atomic E-state index is 0.169. The highest BCUT2D eigenvalue weighted by Crippen LogP contribution is 2.36. The summed E-state index contributed by atoms with van der Waals surface area (Å²) in [6.45, 7) is 2.47. The fraction of sp³-hybridized carbons (Fsp3) is 0.333. The molecule has 1 aromatic carbocycles. The van der Waals surface area contributed by atoms with E-state index < -0.39 is 6.10 Å². The zero-order chi connectivity index (χ0) is 13.8. The molecule has 0 saturated heterocycles. The van der Waals surface area contributed by atoms with Gasteiger partial charge in [-0.3, -0.25) is 0 Å². The van der Waals surface area contributed by atoms with Gasteiger partial charge in [-0.05, 0) is 30.2 Å². The molecule has 0 saturated carbocycles. The second-order valence-corrected chi connectivity index (χ2v) is 6.07. The summed E-state index contributed by atoms with van der Waals surface area (Å²) >= 11 is 7.84. The van der Waals surface area contributed by atoms with Crippen molar-refractivity contribution in [2.24, 2.45) is 5.73 Å². The quantitative estimate of drug-likeness (QED) is 0.882. The van der Waals surface area contributed by atoms with Gasteiger partial charge in [-0.15, -0.1) is 11.3 Å². The van der Waals surface area contributed by atoms with Crippen molar-refractivity contribution in [1.29, 1.82) is 0 Å². The summed E-state index contributed by atoms with van der Waals surface area (Å²) in [5.74, 6) is -0.169. The van der Waals surface area contributed by atoms with Gasteiger partial charge >= 0.3 is 0 Å². The van der Waals surface area contributed by atoms with Crippen LogP contribution >= 0.6 is 22.9 Å². The first kappa shape index (κ1) is 14.5. The number of aliphatic hydroxyl groups excluding tert-OH is 1. The predicted molar refractivity (Wildman–Crippen MR) is 81.9 cm³/mol. The van der Waals surface area contributed by atoms with Gasteiger partial charge in [0.1, 0.15) is 0 Å². The molecule has 0 aliphatic rings. The molecular formula is C15H18ClNOS. The average Bonchev–Trinajstić information content (AvgIpc) is 2.90. The summed E-state index contributed by atoms with van der Waals surface area (Å²) < 4.78 is 0. The lowest BCUT2D eigenvalue weighted by Gasteiger charge is -2.22. The summed E-state index contributed by atoms with van der Waals surface area (Å²) in [5.41, 5.74) is 6.75. The van der Waals surface area contributed by atoms with Gasteiger partial charge in [0, 0.05) is 27.2 Å². The van der Waals surface area contributed by atoms with Crippen LogP contribution in [0.4, 0.5) is 0 Å². The molecule has 102 valence electrons. The topological polar surface area (TPSA) is 46.2 Å². The molecule has 0 spiro atoms. The van der Waals surface area contributed by atoms with Crippen LogP contribution < -0.4 is 5.73 Å². The largest absolute Gasteiger partial charge is 0.387 e. The lowest BCUT2D eigenvalue weighted by Crippen LogP contribution is -2.19. The lowest BCUT2D eigenvalue weighted by atomic mass is 9.92. The standard InChI is InChI=1S/C15H18ClNOS/c1-2-10-7-8-14(19-10)15(18)12(9-17)11-5-3-4-6-13(11)16/h3-8,12,15,18H,2,9,17H2,1H3. The second kappa shape index (κ2) is 6.53. The number of hydrogen-bond donors (Lipinski definition) is 2. The maximum absolute atomic E-state index is 10.5. The molecule has 2 nitrogen and oxygen atoms in total. The molecule has 1 heterocycles. The van der Waals surface area contributed by atoms with Crippen molar-refractivity contribution in [1.82, 2.24) is 0 Å². The Kier molecular flexibility index (Phi) is 4.99. The first-order chi connectivity index (χ1) is 9.17. The van der Waals surface area contributed by atoms with Crippen LogP contribution in [0, 0.1) is 0 Å². The molecule has 2 atom stereocenters. The van der Waals surface area contributed by atoms with E-state index in [9.17, 15) is 5.11 Å². The van der Waals surface area contributed by atoms with Gasteiger partial charge < -0.3 is 10.8 Å². The van der Waals surface area contributed by atoms with Gasteiger partial charge in [0.25, 0.3) is 0 Å². The van der Waals surface area contributed by atoms with Crippen molar-refractivity contribution in [2.45, 2.75) is 25.4 Å². The number of halogens is 1. The number of aliphatic hydroxyl groups is 1. The molecule has 0 bridgehead atoms. The molecular weight excluding hydrogens is 278 g/mol. The maximum Gasteiger partial charge on any atom is 0.0962 e. The number of nitrogens with two attached hydrogens (primary N) is 1. The maximum atomic E-state index is 10.5. The zero-order valence-electron chi connectivity index (χ0n) is 10.8. The molecule has 19 heavy (non-hydrogen) atoms. The van der Waals surface area contributed by atoms with E-state index in [2.05, 4.69) is 13.0 Å². The van der Waals surface area contributed by atoms with Crippen LogP contribution in [0.25, 0.3) is 0 Å². The molecule has 0 aliphatic carbocycles. The number of rotatable bonds is 5. The predicted octanol–water partition coefficient (Wildman–Crippen LogP) is 3.74. The molecule has 1 aromatic heterocycles. The number of benzene rings is 1. The van der Waals surface area contributed by atoms with Crippen LogP contribution in [0.15, 0.2) is 36.4 Å². The van der Waals surface area contributed by atoms with Gasteiger partial charge in [0.05, 0.1) is 6.10 Å². The number of thiophene rings is 1. The Morgan fingerprint density at radius 2 is 2.00 bits per heavy atom. The third-order valence-corrected chi connectivity index (χ3v) is 4.91. The molecule has 0 amide bonds. The Balaban J connectivity index is 2.29. The van der Waals surface area contributed by atoms with E-state index in [4.69, 9.17) is 17.3 Å². The molecule has 3 N–H and O–H groups in total. The molecule has 2 unspecified atom stereocenters. The van der Waals surface area contributed by atoms with E-state index in [0.29, 0.717) is 11.6 Å². The van der Waals surface area contributed by atoms with Crippen LogP contribution in [0.5, 0.6) is 0 Å². The van der Waals surface area contributed by atoms with Crippen molar-refractivity contribution >= 4 is 22.9 Å². The van der Waals surface area contributed by atoms with Gasteiger partial charge in [-0.25, -0.2) is 0 Å². The van der Waals surface area contributed by atoms with Crippen LogP contribution in [-0.4, -0.2) is 11.7 Å². The molecule has 4 heteroatoms. The Bertz CT molecular complexity index is 540. The number of hydrogen-bond acceptors (Lipinski definition) is 3. The summed E-state index contributed by atoms with van der Waals surface area (Å²) in [6.07, 6.45) is 0.381. The Morgan fingerprint density at radius 1 is 1.26 bits per heavy atom. The minimum atomic E-state index is -0.602. The van der Waals surface area contributed by atoms with E-state index >= 15 is 0 Å². The smallest absolute Gasteiger partial charge is 0.0962 e. The fourth-order valence-corrected chi connectivity index (χ4v) is 3.42. The fourth-order valence-electron chi connectivity index (χ4n) is 2.14. The summed E-state index contributed by atoms with van der Waals surface area (Å²) in [4.78, 5) is 2.22. The van der Waals surface area contributed by atoms with E-state index in [1.807, 2.05) is 30.3 Å². The highest BCUT2D eigenvalue weighted by Gasteiger charge is 2.24. The van der Waals surface area contributed by atoms with Crippen molar-refractivity contribution in [3.63, 3.8) is 0 Å².